The van der Waals surface area contributed by atoms with Crippen molar-refractivity contribution in [2.45, 2.75) is 6.42 Å². The molecule has 0 saturated heterocycles. The van der Waals surface area contributed by atoms with Gasteiger partial charge in [-0.2, -0.15) is 0 Å². The molecule has 0 bridgehead atoms. The quantitative estimate of drug-likeness (QED) is 0.600. The minimum absolute atomic E-state index is 0. The second-order valence-electron chi connectivity index (χ2n) is 4.30. The molecule has 0 aliphatic rings. The first-order chi connectivity index (χ1) is 8.43. The van der Waals surface area contributed by atoms with Gasteiger partial charge in [0, 0.05) is 0 Å². The first-order valence-corrected chi connectivity index (χ1v) is 5.94. The van der Waals surface area contributed by atoms with Crippen molar-refractivity contribution in [3.8, 4) is 0 Å². The monoisotopic (exact) mass is 242 g/mol. The van der Waals surface area contributed by atoms with Crippen molar-refractivity contribution in [1.29, 1.82) is 0 Å². The number of rotatable bonds is 2. The van der Waals surface area contributed by atoms with Crippen LogP contribution in [-0.4, -0.2) is 29.6 Å². The summed E-state index contributed by atoms with van der Waals surface area (Å²) in [5, 5.41) is 2.68. The fraction of sp³-hybridized carbons (Fsp3) is 0.0588. The van der Waals surface area contributed by atoms with Gasteiger partial charge in [0.25, 0.3) is 0 Å². The van der Waals surface area contributed by atoms with Gasteiger partial charge < -0.3 is 0 Å². The van der Waals surface area contributed by atoms with Crippen LogP contribution in [0.15, 0.2) is 72.8 Å². The first kappa shape index (κ1) is 13.4. The Kier molecular flexibility index (Phi) is 4.60. The molecule has 0 aromatic heterocycles. The minimum atomic E-state index is 0. The average Bonchev–Trinajstić information content (AvgIpc) is 2.40. The summed E-state index contributed by atoms with van der Waals surface area (Å²) in [6.45, 7) is 0. The van der Waals surface area contributed by atoms with Crippen LogP contribution in [0.1, 0.15) is 11.1 Å². The van der Waals surface area contributed by atoms with Gasteiger partial charge in [-0.3, -0.25) is 0 Å². The van der Waals surface area contributed by atoms with E-state index < -0.39 is 0 Å². The SMILES string of the molecule is [NaH].c1ccc(Cc2cccc3ccccc23)cc1. The van der Waals surface area contributed by atoms with E-state index in [4.69, 9.17) is 0 Å². The Bertz CT molecular complexity index is 624. The second-order valence-corrected chi connectivity index (χ2v) is 4.30. The maximum atomic E-state index is 2.22. The van der Waals surface area contributed by atoms with Crippen molar-refractivity contribution in [2.24, 2.45) is 0 Å². The molecule has 0 heterocycles. The molecule has 3 aromatic carbocycles. The van der Waals surface area contributed by atoms with Crippen molar-refractivity contribution in [3.63, 3.8) is 0 Å². The van der Waals surface area contributed by atoms with Crippen molar-refractivity contribution in [3.05, 3.63) is 83.9 Å². The maximum absolute atomic E-state index is 2.22. The molecule has 0 N–H and O–H groups in total. The van der Waals surface area contributed by atoms with E-state index in [9.17, 15) is 0 Å². The zero-order valence-electron chi connectivity index (χ0n) is 9.64. The molecule has 0 aliphatic carbocycles. The standard InChI is InChI=1S/C17H14.Na.H/c1-2-7-14(8-3-1)13-16-11-6-10-15-9-4-5-12-17(15)16;;/h1-12H,13H2;;. The molecule has 3 rings (SSSR count). The normalized spacial score (nSPS) is 10.0. The molecular formula is C17H15Na. The zero-order valence-corrected chi connectivity index (χ0v) is 9.64. The molecule has 0 aliphatic heterocycles. The molecule has 0 spiro atoms. The number of benzene rings is 3. The van der Waals surface area contributed by atoms with Crippen LogP contribution in [0.2, 0.25) is 0 Å². The van der Waals surface area contributed by atoms with Crippen LogP contribution in [0.5, 0.6) is 0 Å². The topological polar surface area (TPSA) is 0 Å². The molecule has 0 nitrogen and oxygen atoms in total. The summed E-state index contributed by atoms with van der Waals surface area (Å²) >= 11 is 0. The Hall–Kier alpha value is -1.08. The number of hydrogen-bond donors (Lipinski definition) is 0. The molecule has 0 unspecified atom stereocenters. The maximum Gasteiger partial charge on any atom is -0.00196 e. The van der Waals surface area contributed by atoms with E-state index in [0.29, 0.717) is 0 Å². The third-order valence-electron chi connectivity index (χ3n) is 3.12. The third kappa shape index (κ3) is 2.84. The van der Waals surface area contributed by atoms with Crippen molar-refractivity contribution in [1.82, 2.24) is 0 Å². The Morgan fingerprint density at radius 3 is 2.11 bits per heavy atom. The van der Waals surface area contributed by atoms with E-state index in [0.717, 1.165) is 6.42 Å². The molecule has 84 valence electrons. The minimum Gasteiger partial charge on any atom is -0.0622 e. The van der Waals surface area contributed by atoms with Crippen molar-refractivity contribution in [2.75, 3.05) is 0 Å². The molecular weight excluding hydrogens is 227 g/mol. The van der Waals surface area contributed by atoms with Crippen LogP contribution in [0.25, 0.3) is 10.8 Å². The third-order valence-corrected chi connectivity index (χ3v) is 3.12. The molecule has 1 heteroatoms. The van der Waals surface area contributed by atoms with Gasteiger partial charge in [-0.1, -0.05) is 72.8 Å². The fourth-order valence-corrected chi connectivity index (χ4v) is 2.26. The van der Waals surface area contributed by atoms with Crippen molar-refractivity contribution < 1.29 is 0 Å². The first-order valence-electron chi connectivity index (χ1n) is 5.94. The van der Waals surface area contributed by atoms with Crippen molar-refractivity contribution >= 4 is 40.3 Å². The van der Waals surface area contributed by atoms with E-state index in [2.05, 4.69) is 72.8 Å². The van der Waals surface area contributed by atoms with Gasteiger partial charge in [-0.25, -0.2) is 0 Å². The molecule has 3 aromatic rings. The van der Waals surface area contributed by atoms with Gasteiger partial charge in [-0.15, -0.1) is 0 Å². The summed E-state index contributed by atoms with van der Waals surface area (Å²) < 4.78 is 0. The zero-order chi connectivity index (χ0) is 11.5. The predicted octanol–water partition coefficient (Wildman–Crippen LogP) is 3.78. The summed E-state index contributed by atoms with van der Waals surface area (Å²) in [4.78, 5) is 0. The summed E-state index contributed by atoms with van der Waals surface area (Å²) in [5.74, 6) is 0. The van der Waals surface area contributed by atoms with Crippen LogP contribution in [0.3, 0.4) is 0 Å². The summed E-state index contributed by atoms with van der Waals surface area (Å²) in [5.41, 5.74) is 2.76. The van der Waals surface area contributed by atoms with Crippen LogP contribution in [0, 0.1) is 0 Å². The van der Waals surface area contributed by atoms with Gasteiger partial charge in [-0.05, 0) is 28.3 Å². The molecule has 0 atom stereocenters. The average molecular weight is 242 g/mol. The number of fused-ring (bicyclic) bond motifs is 1. The Morgan fingerprint density at radius 1 is 0.611 bits per heavy atom. The van der Waals surface area contributed by atoms with E-state index >= 15 is 0 Å². The van der Waals surface area contributed by atoms with E-state index in [-0.39, 0.29) is 29.6 Å². The Labute approximate surface area is 130 Å². The Morgan fingerprint density at radius 2 is 1.28 bits per heavy atom. The molecule has 0 saturated carbocycles. The van der Waals surface area contributed by atoms with Crippen LogP contribution in [0.4, 0.5) is 0 Å². The van der Waals surface area contributed by atoms with E-state index in [1.54, 1.807) is 0 Å². The smallest absolute Gasteiger partial charge is 0.00196 e. The predicted molar refractivity (Wildman–Crippen MR) is 80.3 cm³/mol. The van der Waals surface area contributed by atoms with Crippen LogP contribution < -0.4 is 0 Å². The Balaban J connectivity index is 0.00000120. The van der Waals surface area contributed by atoms with Crippen LogP contribution in [-0.2, 0) is 6.42 Å². The molecule has 18 heavy (non-hydrogen) atoms. The van der Waals surface area contributed by atoms with Gasteiger partial charge in [0.2, 0.25) is 0 Å². The fourth-order valence-electron chi connectivity index (χ4n) is 2.26. The second kappa shape index (κ2) is 6.19. The molecule has 0 fully saturated rings. The number of hydrogen-bond acceptors (Lipinski definition) is 0. The van der Waals surface area contributed by atoms with Gasteiger partial charge in [0.1, 0.15) is 0 Å². The van der Waals surface area contributed by atoms with Gasteiger partial charge in [0.05, 0.1) is 0 Å². The molecule has 0 amide bonds. The summed E-state index contributed by atoms with van der Waals surface area (Å²) in [6.07, 6.45) is 1.00. The summed E-state index contributed by atoms with van der Waals surface area (Å²) in [7, 11) is 0. The van der Waals surface area contributed by atoms with Crippen LogP contribution >= 0.6 is 0 Å². The largest absolute Gasteiger partial charge is 0.0622 e. The molecule has 0 radical (unpaired) electrons. The van der Waals surface area contributed by atoms with Gasteiger partial charge >= 0.3 is 29.6 Å². The van der Waals surface area contributed by atoms with E-state index in [1.165, 1.54) is 21.9 Å². The summed E-state index contributed by atoms with van der Waals surface area (Å²) in [6, 6.07) is 25.7. The van der Waals surface area contributed by atoms with Gasteiger partial charge in [0.15, 0.2) is 0 Å². The van der Waals surface area contributed by atoms with E-state index in [1.807, 2.05) is 0 Å².